The van der Waals surface area contributed by atoms with E-state index < -0.39 is 10.0 Å². The fourth-order valence-electron chi connectivity index (χ4n) is 2.85. The number of amides is 1. The van der Waals surface area contributed by atoms with Gasteiger partial charge in [0, 0.05) is 12.6 Å². The Labute approximate surface area is 169 Å². The maximum Gasteiger partial charge on any atom is 0.264 e. The van der Waals surface area contributed by atoms with Gasteiger partial charge in [-0.1, -0.05) is 36.4 Å². The molecule has 0 radical (unpaired) electrons. The van der Waals surface area contributed by atoms with Gasteiger partial charge in [0.15, 0.2) is 0 Å². The first-order valence-corrected chi connectivity index (χ1v) is 10.4. The van der Waals surface area contributed by atoms with Crippen LogP contribution in [0.15, 0.2) is 83.8 Å². The Morgan fingerprint density at radius 3 is 2.28 bits per heavy atom. The van der Waals surface area contributed by atoms with Crippen molar-refractivity contribution in [1.29, 1.82) is 0 Å². The van der Waals surface area contributed by atoms with Gasteiger partial charge in [-0.3, -0.25) is 9.10 Å². The summed E-state index contributed by atoms with van der Waals surface area (Å²) in [5, 5.41) is 2.84. The third kappa shape index (κ3) is 4.63. The highest BCUT2D eigenvalue weighted by atomic mass is 32.2. The number of nitrogens with zero attached hydrogens (tertiary/aromatic N) is 1. The molecule has 0 unspecified atom stereocenters. The molecule has 5 nitrogen and oxygen atoms in total. The number of hydrogen-bond donors (Lipinski definition) is 1. The van der Waals surface area contributed by atoms with Crippen molar-refractivity contribution >= 4 is 21.6 Å². The van der Waals surface area contributed by atoms with Crippen LogP contribution in [-0.4, -0.2) is 21.4 Å². The lowest BCUT2D eigenvalue weighted by Crippen LogP contribution is -2.28. The van der Waals surface area contributed by atoms with E-state index in [1.165, 1.54) is 37.4 Å². The van der Waals surface area contributed by atoms with Crippen molar-refractivity contribution in [3.05, 3.63) is 95.8 Å². The molecular formula is C22H21FN2O3S. The van der Waals surface area contributed by atoms with Crippen LogP contribution >= 0.6 is 0 Å². The zero-order chi connectivity index (χ0) is 21.0. The van der Waals surface area contributed by atoms with Gasteiger partial charge >= 0.3 is 0 Å². The zero-order valence-electron chi connectivity index (χ0n) is 16.0. The van der Waals surface area contributed by atoms with Gasteiger partial charge in [-0.15, -0.1) is 0 Å². The first-order chi connectivity index (χ1) is 13.8. The van der Waals surface area contributed by atoms with E-state index >= 15 is 0 Å². The molecule has 7 heteroatoms. The molecule has 3 rings (SSSR count). The summed E-state index contributed by atoms with van der Waals surface area (Å²) in [6.07, 6.45) is 0. The van der Waals surface area contributed by atoms with Crippen LogP contribution in [-0.2, 0) is 10.0 Å². The molecule has 0 aliphatic carbocycles. The van der Waals surface area contributed by atoms with Crippen molar-refractivity contribution in [2.45, 2.75) is 17.9 Å². The van der Waals surface area contributed by atoms with E-state index in [0.717, 1.165) is 9.87 Å². The maximum absolute atomic E-state index is 13.1. The van der Waals surface area contributed by atoms with Gasteiger partial charge < -0.3 is 5.32 Å². The van der Waals surface area contributed by atoms with Crippen molar-refractivity contribution in [2.75, 3.05) is 11.4 Å². The van der Waals surface area contributed by atoms with Gasteiger partial charge in [0.2, 0.25) is 0 Å². The third-order valence-electron chi connectivity index (χ3n) is 4.59. The highest BCUT2D eigenvalue weighted by Gasteiger charge is 2.22. The van der Waals surface area contributed by atoms with Crippen molar-refractivity contribution in [3.63, 3.8) is 0 Å². The molecular weight excluding hydrogens is 391 g/mol. The zero-order valence-corrected chi connectivity index (χ0v) is 16.9. The topological polar surface area (TPSA) is 66.5 Å². The number of anilines is 1. The standard InChI is InChI=1S/C22H21FN2O3S/c1-16(17-11-13-19(23)14-12-17)24-22(26)18-7-6-8-20(15-18)25(2)29(27,28)21-9-4-3-5-10-21/h3-16H,1-2H3,(H,24,26)/t16-/m0/s1. The number of halogens is 1. The molecule has 0 saturated carbocycles. The molecule has 0 saturated heterocycles. The molecule has 0 aliphatic rings. The maximum atomic E-state index is 13.1. The number of benzene rings is 3. The van der Waals surface area contributed by atoms with Crippen molar-refractivity contribution < 1.29 is 17.6 Å². The Kier molecular flexibility index (Phi) is 5.98. The van der Waals surface area contributed by atoms with Crippen LogP contribution in [0.3, 0.4) is 0 Å². The second kappa shape index (κ2) is 8.45. The average molecular weight is 412 g/mol. The second-order valence-corrected chi connectivity index (χ2v) is 8.55. The molecule has 29 heavy (non-hydrogen) atoms. The van der Waals surface area contributed by atoms with Crippen LogP contribution in [0, 0.1) is 5.82 Å². The normalized spacial score (nSPS) is 12.2. The Morgan fingerprint density at radius 1 is 0.966 bits per heavy atom. The molecule has 0 spiro atoms. The molecule has 0 bridgehead atoms. The van der Waals surface area contributed by atoms with Crippen LogP contribution in [0.5, 0.6) is 0 Å². The number of rotatable bonds is 6. The van der Waals surface area contributed by atoms with E-state index in [0.29, 0.717) is 11.3 Å². The lowest BCUT2D eigenvalue weighted by molar-refractivity contribution is 0.0940. The van der Waals surface area contributed by atoms with Crippen molar-refractivity contribution in [1.82, 2.24) is 5.32 Å². The molecule has 0 aromatic heterocycles. The highest BCUT2D eigenvalue weighted by Crippen LogP contribution is 2.23. The molecule has 0 fully saturated rings. The predicted octanol–water partition coefficient (Wildman–Crippen LogP) is 4.14. The molecule has 0 heterocycles. The average Bonchev–Trinajstić information content (AvgIpc) is 2.74. The van der Waals surface area contributed by atoms with Crippen LogP contribution in [0.4, 0.5) is 10.1 Å². The number of sulfonamides is 1. The summed E-state index contributed by atoms with van der Waals surface area (Å²) < 4.78 is 39.8. The van der Waals surface area contributed by atoms with Crippen molar-refractivity contribution in [3.8, 4) is 0 Å². The van der Waals surface area contributed by atoms with Gasteiger partial charge in [0.1, 0.15) is 5.82 Å². The Bertz CT molecular complexity index is 1100. The molecule has 3 aromatic carbocycles. The van der Waals surface area contributed by atoms with Gasteiger partial charge in [-0.2, -0.15) is 0 Å². The largest absolute Gasteiger partial charge is 0.346 e. The minimum Gasteiger partial charge on any atom is -0.346 e. The quantitative estimate of drug-likeness (QED) is 0.662. The monoisotopic (exact) mass is 412 g/mol. The summed E-state index contributed by atoms with van der Waals surface area (Å²) in [6.45, 7) is 1.79. The third-order valence-corrected chi connectivity index (χ3v) is 6.39. The lowest BCUT2D eigenvalue weighted by atomic mass is 10.1. The predicted molar refractivity (Wildman–Crippen MR) is 111 cm³/mol. The Hall–Kier alpha value is -3.19. The van der Waals surface area contributed by atoms with E-state index in [1.54, 1.807) is 55.5 Å². The summed E-state index contributed by atoms with van der Waals surface area (Å²) in [6, 6.07) is 20.0. The highest BCUT2D eigenvalue weighted by molar-refractivity contribution is 7.92. The van der Waals surface area contributed by atoms with Gasteiger partial charge in [-0.25, -0.2) is 12.8 Å². The Balaban J connectivity index is 1.80. The fraction of sp³-hybridized carbons (Fsp3) is 0.136. The first kappa shape index (κ1) is 20.5. The molecule has 3 aromatic rings. The summed E-state index contributed by atoms with van der Waals surface area (Å²) >= 11 is 0. The number of nitrogens with one attached hydrogen (secondary N) is 1. The number of carbonyl (C=O) groups excluding carboxylic acids is 1. The van der Waals surface area contributed by atoms with E-state index in [-0.39, 0.29) is 22.7 Å². The molecule has 0 aliphatic heterocycles. The van der Waals surface area contributed by atoms with E-state index in [1.807, 2.05) is 0 Å². The molecule has 150 valence electrons. The van der Waals surface area contributed by atoms with E-state index in [4.69, 9.17) is 0 Å². The summed E-state index contributed by atoms with van der Waals surface area (Å²) in [5.74, 6) is -0.697. The Morgan fingerprint density at radius 2 is 1.62 bits per heavy atom. The fourth-order valence-corrected chi connectivity index (χ4v) is 4.06. The SMILES string of the molecule is C[C@H](NC(=O)c1cccc(N(C)S(=O)(=O)c2ccccc2)c1)c1ccc(F)cc1. The van der Waals surface area contributed by atoms with E-state index in [9.17, 15) is 17.6 Å². The number of carbonyl (C=O) groups is 1. The second-order valence-electron chi connectivity index (χ2n) is 6.58. The van der Waals surface area contributed by atoms with Gasteiger partial charge in [0.05, 0.1) is 16.6 Å². The summed E-state index contributed by atoms with van der Waals surface area (Å²) in [4.78, 5) is 12.8. The molecule has 1 N–H and O–H groups in total. The number of hydrogen-bond acceptors (Lipinski definition) is 3. The first-order valence-electron chi connectivity index (χ1n) is 8.99. The molecule has 1 amide bonds. The van der Waals surface area contributed by atoms with E-state index in [2.05, 4.69) is 5.32 Å². The minimum absolute atomic E-state index is 0.169. The van der Waals surface area contributed by atoms with Crippen molar-refractivity contribution in [2.24, 2.45) is 0 Å². The van der Waals surface area contributed by atoms with Crippen LogP contribution in [0.1, 0.15) is 28.9 Å². The summed E-state index contributed by atoms with van der Waals surface area (Å²) in [5.41, 5.74) is 1.46. The smallest absolute Gasteiger partial charge is 0.264 e. The molecule has 1 atom stereocenters. The van der Waals surface area contributed by atoms with Gasteiger partial charge in [0.25, 0.3) is 15.9 Å². The van der Waals surface area contributed by atoms with Crippen LogP contribution in [0.2, 0.25) is 0 Å². The summed E-state index contributed by atoms with van der Waals surface area (Å²) in [7, 11) is -2.29. The van der Waals surface area contributed by atoms with Crippen LogP contribution < -0.4 is 9.62 Å². The van der Waals surface area contributed by atoms with Gasteiger partial charge in [-0.05, 0) is 55.0 Å². The minimum atomic E-state index is -3.74. The van der Waals surface area contributed by atoms with Crippen LogP contribution in [0.25, 0.3) is 0 Å². The lowest BCUT2D eigenvalue weighted by Gasteiger charge is -2.20.